The fourth-order valence-electron chi connectivity index (χ4n) is 7.85. The van der Waals surface area contributed by atoms with Crippen LogP contribution < -0.4 is 0 Å². The third-order valence-corrected chi connectivity index (χ3v) is 10.0. The van der Waals surface area contributed by atoms with E-state index in [0.29, 0.717) is 22.9 Å². The number of fused-ring (bicyclic) bond motifs is 7. The van der Waals surface area contributed by atoms with E-state index in [-0.39, 0.29) is 38.7 Å². The predicted molar refractivity (Wildman–Crippen MR) is 187 cm³/mol. The molecule has 13 heteroatoms. The van der Waals surface area contributed by atoms with Crippen LogP contribution in [-0.4, -0.2) is 9.97 Å². The molecule has 0 saturated carbocycles. The fraction of sp³-hybridized carbons (Fsp3) is 0.0476. The van der Waals surface area contributed by atoms with E-state index in [9.17, 15) is 10.5 Å². The van der Waals surface area contributed by atoms with E-state index in [1.165, 1.54) is 42.7 Å². The average molecular weight is 747 g/mol. The van der Waals surface area contributed by atoms with Gasteiger partial charge in [0.2, 0.25) is 0 Å². The van der Waals surface area contributed by atoms with Crippen molar-refractivity contribution in [1.29, 1.82) is 10.5 Å². The van der Waals surface area contributed by atoms with Crippen LogP contribution in [0.15, 0.2) is 91.3 Å². The molecule has 55 heavy (non-hydrogen) atoms. The molecule has 0 N–H and O–H groups in total. The molecule has 0 unspecified atom stereocenters. The van der Waals surface area contributed by atoms with Crippen LogP contribution in [0.25, 0.3) is 87.9 Å². The van der Waals surface area contributed by atoms with Crippen LogP contribution in [0.1, 0.15) is 22.3 Å². The van der Waals surface area contributed by atoms with Crippen LogP contribution in [0.2, 0.25) is 0 Å². The summed E-state index contributed by atoms with van der Waals surface area (Å²) in [7, 11) is 0. The van der Waals surface area contributed by atoms with E-state index in [0.717, 1.165) is 6.07 Å². The number of pyridine rings is 2. The Morgan fingerprint density at radius 1 is 0.473 bits per heavy atom. The van der Waals surface area contributed by atoms with Crippen LogP contribution in [-0.2, 0) is 12.4 Å². The van der Waals surface area contributed by atoms with E-state index >= 15 is 39.5 Å². The maximum absolute atomic E-state index is 16.7. The second-order valence-electron chi connectivity index (χ2n) is 12.8. The molecular weight excluding hydrogens is 731 g/mol. The van der Waals surface area contributed by atoms with Gasteiger partial charge in [0, 0.05) is 61.4 Å². The number of halogens is 9. The Morgan fingerprint density at radius 2 is 1.04 bits per heavy atom. The standard InChI is InChI=1S/C42H15F9N4/c43-36-27(17-53)37(44)38(45)32-26(16-52)30-23-13-25(39-20-7-3-1-5-18(20)9-11-54-39)28(41(46,47)48)14-22(23)24-15-29(42(49,50)51)33(34(31(24)30)35(32)36)40-21-8-4-2-6-19(21)10-12-55-40/h1-15H. The maximum atomic E-state index is 16.7. The summed E-state index contributed by atoms with van der Waals surface area (Å²) >= 11 is 0. The van der Waals surface area contributed by atoms with Gasteiger partial charge < -0.3 is 0 Å². The van der Waals surface area contributed by atoms with Crippen molar-refractivity contribution in [3.05, 3.63) is 131 Å². The Bertz CT molecular complexity index is 3120. The Balaban J connectivity index is 1.58. The van der Waals surface area contributed by atoms with Gasteiger partial charge in [-0.2, -0.15) is 36.9 Å². The lowest BCUT2D eigenvalue weighted by molar-refractivity contribution is -0.137. The second kappa shape index (κ2) is 11.5. The number of benzene rings is 6. The number of rotatable bonds is 2. The van der Waals surface area contributed by atoms with Crippen molar-refractivity contribution in [1.82, 2.24) is 9.97 Å². The van der Waals surface area contributed by atoms with Gasteiger partial charge in [-0.15, -0.1) is 0 Å². The Labute approximate surface area is 302 Å². The van der Waals surface area contributed by atoms with Gasteiger partial charge >= 0.3 is 12.4 Å². The minimum Gasteiger partial charge on any atom is -0.256 e. The fourth-order valence-corrected chi connectivity index (χ4v) is 7.85. The highest BCUT2D eigenvalue weighted by atomic mass is 19.4. The van der Waals surface area contributed by atoms with Gasteiger partial charge in [-0.05, 0) is 57.8 Å². The number of aromatic nitrogens is 2. The first-order valence-electron chi connectivity index (χ1n) is 16.2. The Hall–Kier alpha value is -6.99. The van der Waals surface area contributed by atoms with E-state index < -0.39 is 90.5 Å². The zero-order valence-electron chi connectivity index (χ0n) is 27.4. The van der Waals surface area contributed by atoms with Crippen LogP contribution in [0.4, 0.5) is 39.5 Å². The van der Waals surface area contributed by atoms with Crippen molar-refractivity contribution >= 4 is 43.1 Å². The van der Waals surface area contributed by atoms with Gasteiger partial charge in [0.25, 0.3) is 0 Å². The molecule has 0 spiro atoms. The molecule has 0 radical (unpaired) electrons. The number of alkyl halides is 6. The minimum atomic E-state index is -5.30. The van der Waals surface area contributed by atoms with Crippen molar-refractivity contribution in [2.24, 2.45) is 0 Å². The molecule has 0 saturated heterocycles. The van der Waals surface area contributed by atoms with Gasteiger partial charge in [-0.25, -0.2) is 13.2 Å². The summed E-state index contributed by atoms with van der Waals surface area (Å²) in [5.41, 5.74) is -8.39. The molecule has 0 amide bonds. The first kappa shape index (κ1) is 33.8. The van der Waals surface area contributed by atoms with E-state index in [2.05, 4.69) is 9.97 Å². The first-order chi connectivity index (χ1) is 26.3. The van der Waals surface area contributed by atoms with Gasteiger partial charge in [0.15, 0.2) is 17.5 Å². The molecule has 0 atom stereocenters. The van der Waals surface area contributed by atoms with E-state index in [4.69, 9.17) is 0 Å². The molecule has 6 aromatic carbocycles. The van der Waals surface area contributed by atoms with Crippen molar-refractivity contribution in [3.63, 3.8) is 0 Å². The van der Waals surface area contributed by atoms with Gasteiger partial charge in [-0.3, -0.25) is 9.97 Å². The molecule has 0 fully saturated rings. The number of nitriles is 2. The smallest absolute Gasteiger partial charge is 0.256 e. The number of nitrogens with zero attached hydrogens (tertiary/aromatic N) is 4. The van der Waals surface area contributed by atoms with Crippen LogP contribution in [0.3, 0.4) is 0 Å². The van der Waals surface area contributed by atoms with Crippen LogP contribution >= 0.6 is 0 Å². The quantitative estimate of drug-likeness (QED) is 0.100. The van der Waals surface area contributed by atoms with Crippen molar-refractivity contribution in [3.8, 4) is 56.9 Å². The topological polar surface area (TPSA) is 73.4 Å². The number of hydrogen-bond donors (Lipinski definition) is 0. The van der Waals surface area contributed by atoms with Crippen molar-refractivity contribution in [2.75, 3.05) is 0 Å². The maximum Gasteiger partial charge on any atom is 0.417 e. The molecule has 0 bridgehead atoms. The molecule has 1 aliphatic carbocycles. The summed E-state index contributed by atoms with van der Waals surface area (Å²) in [6.07, 6.45) is -7.94. The third-order valence-electron chi connectivity index (χ3n) is 10.0. The second-order valence-corrected chi connectivity index (χ2v) is 12.8. The number of hydrogen-bond acceptors (Lipinski definition) is 4. The van der Waals surface area contributed by atoms with E-state index in [1.807, 2.05) is 0 Å². The average Bonchev–Trinajstić information content (AvgIpc) is 3.49. The molecule has 2 aromatic heterocycles. The molecule has 9 rings (SSSR count). The first-order valence-corrected chi connectivity index (χ1v) is 16.2. The van der Waals surface area contributed by atoms with Crippen molar-refractivity contribution in [2.45, 2.75) is 12.4 Å². The molecule has 8 aromatic rings. The summed E-state index contributed by atoms with van der Waals surface area (Å²) < 4.78 is 140. The zero-order chi connectivity index (χ0) is 38.7. The lowest BCUT2D eigenvalue weighted by Crippen LogP contribution is -2.10. The normalized spacial score (nSPS) is 12.4. The highest BCUT2D eigenvalue weighted by Crippen LogP contribution is 2.59. The molecule has 266 valence electrons. The Morgan fingerprint density at radius 3 is 1.64 bits per heavy atom. The predicted octanol–water partition coefficient (Wildman–Crippen LogP) is 12.3. The summed E-state index contributed by atoms with van der Waals surface area (Å²) in [5.74, 6) is -5.67. The largest absolute Gasteiger partial charge is 0.417 e. The minimum absolute atomic E-state index is 0.132. The molecule has 0 aliphatic heterocycles. The monoisotopic (exact) mass is 746 g/mol. The molecule has 1 aliphatic rings. The summed E-state index contributed by atoms with van der Waals surface area (Å²) in [4.78, 5) is 8.48. The molecule has 4 nitrogen and oxygen atoms in total. The lowest BCUT2D eigenvalue weighted by atomic mass is 9.84. The highest BCUT2D eigenvalue weighted by molar-refractivity contribution is 6.31. The summed E-state index contributed by atoms with van der Waals surface area (Å²) in [6, 6.07) is 20.8. The third kappa shape index (κ3) is 4.66. The SMILES string of the molecule is N#Cc1c(F)c(F)c2c(C#N)c3c4c(cc(C(F)(F)F)c(-c5nccc6ccccc56)c4c2c1F)-c1cc(C(F)(F)F)c(-c2nccc4ccccc24)cc1-3. The van der Waals surface area contributed by atoms with Crippen LogP contribution in [0.5, 0.6) is 0 Å². The van der Waals surface area contributed by atoms with Gasteiger partial charge in [-0.1, -0.05) is 48.5 Å². The molecule has 2 heterocycles. The molecular formula is C42H15F9N4. The highest BCUT2D eigenvalue weighted by Gasteiger charge is 2.43. The lowest BCUT2D eigenvalue weighted by Gasteiger charge is -2.21. The Kier molecular flexibility index (Phi) is 7.07. The van der Waals surface area contributed by atoms with Crippen LogP contribution in [0, 0.1) is 40.1 Å². The zero-order valence-corrected chi connectivity index (χ0v) is 27.4. The van der Waals surface area contributed by atoms with E-state index in [1.54, 1.807) is 42.5 Å². The van der Waals surface area contributed by atoms with Gasteiger partial charge in [0.1, 0.15) is 17.7 Å². The summed E-state index contributed by atoms with van der Waals surface area (Å²) in [6.45, 7) is 0. The summed E-state index contributed by atoms with van der Waals surface area (Å²) in [5, 5.41) is 18.4. The van der Waals surface area contributed by atoms with Gasteiger partial charge in [0.05, 0.1) is 28.1 Å². The van der Waals surface area contributed by atoms with Crippen molar-refractivity contribution < 1.29 is 39.5 Å².